The third-order valence-electron chi connectivity index (χ3n) is 1.25. The van der Waals surface area contributed by atoms with Crippen LogP contribution < -0.4 is 5.32 Å². The molecule has 0 aliphatic carbocycles. The third kappa shape index (κ3) is 3.43. The van der Waals surface area contributed by atoms with E-state index in [1.54, 1.807) is 5.38 Å². The van der Waals surface area contributed by atoms with E-state index in [1.807, 2.05) is 0 Å². The van der Waals surface area contributed by atoms with Crippen LogP contribution >= 0.6 is 27.3 Å². The summed E-state index contributed by atoms with van der Waals surface area (Å²) >= 11 is 4.20. The highest BCUT2D eigenvalue weighted by Crippen LogP contribution is 2.15. The maximum absolute atomic E-state index is 10.9. The number of carbonyl (C=O) groups is 2. The number of alkyl halides is 1. The lowest BCUT2D eigenvalue weighted by molar-refractivity contribution is -0.136. The molecule has 0 spiro atoms. The first-order valence-electron chi connectivity index (χ1n) is 3.64. The van der Waals surface area contributed by atoms with Gasteiger partial charge in [-0.1, -0.05) is 15.9 Å². The van der Waals surface area contributed by atoms with Crippen molar-refractivity contribution in [2.45, 2.75) is 6.42 Å². The quantitative estimate of drug-likeness (QED) is 0.809. The second-order valence-corrected chi connectivity index (χ2v) is 3.82. The van der Waals surface area contributed by atoms with Gasteiger partial charge >= 0.3 is 5.97 Å². The van der Waals surface area contributed by atoms with Crippen LogP contribution in [0.25, 0.3) is 0 Å². The summed E-state index contributed by atoms with van der Waals surface area (Å²) < 4.78 is 0. The number of carboxylic acid groups (broad SMARTS) is 1. The van der Waals surface area contributed by atoms with Gasteiger partial charge in [-0.25, -0.2) is 4.98 Å². The monoisotopic (exact) mass is 278 g/mol. The van der Waals surface area contributed by atoms with E-state index in [0.29, 0.717) is 10.8 Å². The normalized spacial score (nSPS) is 9.79. The number of carboxylic acids is 1. The van der Waals surface area contributed by atoms with Crippen LogP contribution in [0.2, 0.25) is 0 Å². The van der Waals surface area contributed by atoms with Crippen LogP contribution in [-0.4, -0.2) is 27.3 Å². The molecule has 2 N–H and O–H groups in total. The van der Waals surface area contributed by atoms with Gasteiger partial charge in [-0.3, -0.25) is 9.59 Å². The van der Waals surface area contributed by atoms with Crippen LogP contribution in [0.1, 0.15) is 5.69 Å². The number of nitrogens with one attached hydrogen (secondary N) is 1. The Morgan fingerprint density at radius 3 is 2.93 bits per heavy atom. The predicted octanol–water partition coefficient (Wildman–Crippen LogP) is 1.10. The van der Waals surface area contributed by atoms with Crippen molar-refractivity contribution >= 4 is 44.3 Å². The Labute approximate surface area is 92.3 Å². The molecule has 1 amide bonds. The molecule has 1 heterocycles. The van der Waals surface area contributed by atoms with Crippen LogP contribution in [0, 0.1) is 0 Å². The molecule has 0 unspecified atom stereocenters. The first-order valence-corrected chi connectivity index (χ1v) is 5.64. The molecular weight excluding hydrogens is 272 g/mol. The zero-order valence-corrected chi connectivity index (χ0v) is 9.39. The summed E-state index contributed by atoms with van der Waals surface area (Å²) in [6, 6.07) is 0. The van der Waals surface area contributed by atoms with Gasteiger partial charge in [-0.2, -0.15) is 0 Å². The molecule has 1 rings (SSSR count). The van der Waals surface area contributed by atoms with Gasteiger partial charge in [0.05, 0.1) is 17.4 Å². The summed E-state index contributed by atoms with van der Waals surface area (Å²) in [5, 5.41) is 13.2. The lowest BCUT2D eigenvalue weighted by Crippen LogP contribution is -2.12. The lowest BCUT2D eigenvalue weighted by Gasteiger charge is -1.95. The van der Waals surface area contributed by atoms with Gasteiger partial charge < -0.3 is 10.4 Å². The fraction of sp³-hybridized carbons (Fsp3) is 0.286. The van der Waals surface area contributed by atoms with Crippen molar-refractivity contribution in [1.29, 1.82) is 0 Å². The number of amides is 1. The van der Waals surface area contributed by atoms with E-state index in [4.69, 9.17) is 5.11 Å². The fourth-order valence-electron chi connectivity index (χ4n) is 0.753. The van der Waals surface area contributed by atoms with Gasteiger partial charge in [0.25, 0.3) is 0 Å². The molecule has 0 aliphatic rings. The van der Waals surface area contributed by atoms with Crippen molar-refractivity contribution in [3.63, 3.8) is 0 Å². The largest absolute Gasteiger partial charge is 0.481 e. The minimum absolute atomic E-state index is 0.124. The maximum Gasteiger partial charge on any atom is 0.309 e. The van der Waals surface area contributed by atoms with Gasteiger partial charge in [0.15, 0.2) is 5.13 Å². The molecular formula is C7H7BrN2O3S. The summed E-state index contributed by atoms with van der Waals surface area (Å²) in [5.41, 5.74) is 0.451. The molecule has 7 heteroatoms. The van der Waals surface area contributed by atoms with E-state index in [0.717, 1.165) is 0 Å². The molecule has 14 heavy (non-hydrogen) atoms. The summed E-state index contributed by atoms with van der Waals surface area (Å²) in [5.74, 6) is -1.14. The number of anilines is 1. The summed E-state index contributed by atoms with van der Waals surface area (Å²) in [7, 11) is 0. The van der Waals surface area contributed by atoms with Gasteiger partial charge in [-0.05, 0) is 0 Å². The number of aromatic nitrogens is 1. The van der Waals surface area contributed by atoms with Crippen LogP contribution in [-0.2, 0) is 16.0 Å². The van der Waals surface area contributed by atoms with Gasteiger partial charge in [0.2, 0.25) is 5.91 Å². The van der Waals surface area contributed by atoms with E-state index in [1.165, 1.54) is 11.3 Å². The molecule has 76 valence electrons. The minimum Gasteiger partial charge on any atom is -0.481 e. The number of hydrogen-bond donors (Lipinski definition) is 2. The second kappa shape index (κ2) is 5.06. The summed E-state index contributed by atoms with van der Waals surface area (Å²) in [4.78, 5) is 25.2. The SMILES string of the molecule is O=C(O)Cc1csc(NC(=O)CBr)n1. The molecule has 0 fully saturated rings. The molecule has 0 saturated heterocycles. The van der Waals surface area contributed by atoms with Crippen molar-refractivity contribution in [1.82, 2.24) is 4.98 Å². The predicted molar refractivity (Wildman–Crippen MR) is 55.9 cm³/mol. The highest BCUT2D eigenvalue weighted by Gasteiger charge is 2.07. The Morgan fingerprint density at radius 1 is 1.64 bits per heavy atom. The molecule has 5 nitrogen and oxygen atoms in total. The van der Waals surface area contributed by atoms with Crippen molar-refractivity contribution in [3.05, 3.63) is 11.1 Å². The zero-order valence-electron chi connectivity index (χ0n) is 6.99. The van der Waals surface area contributed by atoms with Crippen molar-refractivity contribution in [2.24, 2.45) is 0 Å². The molecule has 1 aromatic heterocycles. The minimum atomic E-state index is -0.936. The highest BCUT2D eigenvalue weighted by atomic mass is 79.9. The van der Waals surface area contributed by atoms with Crippen molar-refractivity contribution < 1.29 is 14.7 Å². The second-order valence-electron chi connectivity index (χ2n) is 2.40. The number of rotatable bonds is 4. The highest BCUT2D eigenvalue weighted by molar-refractivity contribution is 9.09. The Bertz CT molecular complexity index is 352. The standard InChI is InChI=1S/C7H7BrN2O3S/c8-2-5(11)10-7-9-4(3-14-7)1-6(12)13/h3H,1-2H2,(H,12,13)(H,9,10,11). The molecule has 0 aromatic carbocycles. The van der Waals surface area contributed by atoms with Crippen LogP contribution in [0.4, 0.5) is 5.13 Å². The zero-order chi connectivity index (χ0) is 10.6. The lowest BCUT2D eigenvalue weighted by atomic mass is 10.3. The fourth-order valence-corrected chi connectivity index (χ4v) is 1.62. The van der Waals surface area contributed by atoms with Gasteiger partial charge in [-0.15, -0.1) is 11.3 Å². The van der Waals surface area contributed by atoms with Crippen LogP contribution in [0.3, 0.4) is 0 Å². The molecule has 1 aromatic rings. The summed E-state index contributed by atoms with van der Waals surface area (Å²) in [6.07, 6.45) is -0.124. The van der Waals surface area contributed by atoms with Crippen molar-refractivity contribution in [3.8, 4) is 0 Å². The van der Waals surface area contributed by atoms with E-state index < -0.39 is 5.97 Å². The van der Waals surface area contributed by atoms with Gasteiger partial charge in [0.1, 0.15) is 0 Å². The number of halogens is 1. The maximum atomic E-state index is 10.9. The molecule has 0 atom stereocenters. The Hall–Kier alpha value is -0.950. The summed E-state index contributed by atoms with van der Waals surface area (Å²) in [6.45, 7) is 0. The third-order valence-corrected chi connectivity index (χ3v) is 2.57. The smallest absolute Gasteiger partial charge is 0.309 e. The molecule has 0 bridgehead atoms. The Kier molecular flexibility index (Phi) is 4.02. The van der Waals surface area contributed by atoms with E-state index in [2.05, 4.69) is 26.2 Å². The average Bonchev–Trinajstić information content (AvgIpc) is 2.51. The Balaban J connectivity index is 2.59. The first-order chi connectivity index (χ1) is 6.61. The van der Waals surface area contributed by atoms with Crippen LogP contribution in [0.15, 0.2) is 5.38 Å². The Morgan fingerprint density at radius 2 is 2.36 bits per heavy atom. The topological polar surface area (TPSA) is 79.3 Å². The molecule has 0 aliphatic heterocycles. The first kappa shape index (κ1) is 11.1. The number of hydrogen-bond acceptors (Lipinski definition) is 4. The van der Waals surface area contributed by atoms with E-state index >= 15 is 0 Å². The average molecular weight is 279 g/mol. The number of thiazole rings is 1. The van der Waals surface area contributed by atoms with E-state index in [-0.39, 0.29) is 17.7 Å². The molecule has 0 saturated carbocycles. The number of aliphatic carboxylic acids is 1. The number of nitrogens with zero attached hydrogens (tertiary/aromatic N) is 1. The molecule has 0 radical (unpaired) electrons. The van der Waals surface area contributed by atoms with Gasteiger partial charge in [0, 0.05) is 5.38 Å². The van der Waals surface area contributed by atoms with Crippen LogP contribution in [0.5, 0.6) is 0 Å². The van der Waals surface area contributed by atoms with E-state index in [9.17, 15) is 9.59 Å². The van der Waals surface area contributed by atoms with Crippen molar-refractivity contribution in [2.75, 3.05) is 10.6 Å². The number of carbonyl (C=O) groups excluding carboxylic acids is 1.